The molecule has 0 bridgehead atoms. The number of amides is 1. The van der Waals surface area contributed by atoms with E-state index in [1.807, 2.05) is 23.2 Å². The first-order valence-electron chi connectivity index (χ1n) is 5.98. The number of carbonyl (C=O) groups is 1. The lowest BCUT2D eigenvalue weighted by Gasteiger charge is -2.35. The molecule has 2 aliphatic rings. The fraction of sp³-hybridized carbons (Fsp3) is 0.462. The predicted octanol–water partition coefficient (Wildman–Crippen LogP) is 1.97. The van der Waals surface area contributed by atoms with E-state index in [1.165, 1.54) is 12.0 Å². The summed E-state index contributed by atoms with van der Waals surface area (Å²) in [4.78, 5) is 11.9. The Kier molecular flexibility index (Phi) is 2.40. The van der Waals surface area contributed by atoms with Gasteiger partial charge in [0, 0.05) is 19.5 Å². The van der Waals surface area contributed by atoms with Crippen molar-refractivity contribution in [2.75, 3.05) is 13.1 Å². The summed E-state index contributed by atoms with van der Waals surface area (Å²) in [5.41, 5.74) is 1.26. The van der Waals surface area contributed by atoms with Crippen molar-refractivity contribution in [3.63, 3.8) is 0 Å². The van der Waals surface area contributed by atoms with E-state index >= 15 is 0 Å². The van der Waals surface area contributed by atoms with Gasteiger partial charge in [0.05, 0.1) is 6.04 Å². The first kappa shape index (κ1) is 9.85. The summed E-state index contributed by atoms with van der Waals surface area (Å²) in [6.07, 6.45) is 2.99. The van der Waals surface area contributed by atoms with Crippen LogP contribution in [0.25, 0.3) is 0 Å². The number of rotatable bonds is 1. The zero-order valence-corrected chi connectivity index (χ0v) is 9.30. The van der Waals surface area contributed by atoms with Gasteiger partial charge in [-0.2, -0.15) is 0 Å². The average Bonchev–Trinajstić information content (AvgIpc) is 2.69. The molecule has 3 rings (SSSR count). The van der Waals surface area contributed by atoms with Gasteiger partial charge < -0.3 is 0 Å². The minimum Gasteiger partial charge on any atom is -0.275 e. The minimum atomic E-state index is 0.272. The van der Waals surface area contributed by atoms with Crippen LogP contribution in [-0.2, 0) is 4.79 Å². The van der Waals surface area contributed by atoms with Crippen molar-refractivity contribution in [3.8, 4) is 0 Å². The lowest BCUT2D eigenvalue weighted by Crippen LogP contribution is -2.44. The molecule has 0 aromatic heterocycles. The molecule has 1 aromatic rings. The maximum absolute atomic E-state index is 11.9. The molecule has 3 heteroatoms. The third-order valence-corrected chi connectivity index (χ3v) is 3.52. The normalized spacial score (nSPS) is 25.9. The maximum Gasteiger partial charge on any atom is 0.238 e. The fourth-order valence-electron chi connectivity index (χ4n) is 2.72. The second-order valence-corrected chi connectivity index (χ2v) is 4.52. The van der Waals surface area contributed by atoms with Gasteiger partial charge >= 0.3 is 0 Å². The zero-order chi connectivity index (χ0) is 11.0. The highest BCUT2D eigenvalue weighted by Crippen LogP contribution is 2.35. The molecule has 1 unspecified atom stereocenters. The highest BCUT2D eigenvalue weighted by atomic mass is 16.2. The fourth-order valence-corrected chi connectivity index (χ4v) is 2.72. The Hall–Kier alpha value is -1.35. The lowest BCUT2D eigenvalue weighted by atomic mass is 10.0. The van der Waals surface area contributed by atoms with Gasteiger partial charge in [-0.15, -0.1) is 0 Å². The Morgan fingerprint density at radius 1 is 1.06 bits per heavy atom. The Bertz CT molecular complexity index is 390. The number of carbonyl (C=O) groups excluding carboxylic acids is 1. The van der Waals surface area contributed by atoms with Crippen LogP contribution in [0.15, 0.2) is 30.3 Å². The van der Waals surface area contributed by atoms with Crippen LogP contribution in [-0.4, -0.2) is 29.0 Å². The number of nitrogens with zero attached hydrogens (tertiary/aromatic N) is 2. The zero-order valence-electron chi connectivity index (χ0n) is 9.30. The van der Waals surface area contributed by atoms with Crippen molar-refractivity contribution in [2.24, 2.45) is 0 Å². The van der Waals surface area contributed by atoms with Crippen LogP contribution in [0.3, 0.4) is 0 Å². The Balaban J connectivity index is 1.89. The Labute approximate surface area is 95.6 Å². The molecule has 1 aromatic carbocycles. The quantitative estimate of drug-likeness (QED) is 0.716. The summed E-state index contributed by atoms with van der Waals surface area (Å²) in [6, 6.07) is 10.6. The standard InChI is InChI=1S/C13H16N2O/c16-13-10-12(11-6-2-1-3-7-11)14-8-4-5-9-15(13)14/h1-3,6-7,12H,4-5,8-10H2. The molecule has 0 radical (unpaired) electrons. The average molecular weight is 216 g/mol. The van der Waals surface area contributed by atoms with Crippen LogP contribution >= 0.6 is 0 Å². The molecule has 0 spiro atoms. The molecule has 2 fully saturated rings. The van der Waals surface area contributed by atoms with Crippen molar-refractivity contribution in [1.29, 1.82) is 0 Å². The highest BCUT2D eigenvalue weighted by Gasteiger charge is 2.39. The van der Waals surface area contributed by atoms with Crippen LogP contribution in [0.5, 0.6) is 0 Å². The molecular weight excluding hydrogens is 200 g/mol. The molecule has 0 saturated carbocycles. The predicted molar refractivity (Wildman–Crippen MR) is 61.5 cm³/mol. The van der Waals surface area contributed by atoms with Crippen LogP contribution in [0.4, 0.5) is 0 Å². The van der Waals surface area contributed by atoms with E-state index in [2.05, 4.69) is 17.1 Å². The van der Waals surface area contributed by atoms with Gasteiger partial charge in [0.2, 0.25) is 5.91 Å². The molecule has 16 heavy (non-hydrogen) atoms. The molecule has 2 aliphatic heterocycles. The summed E-state index contributed by atoms with van der Waals surface area (Å²) in [6.45, 7) is 1.92. The minimum absolute atomic E-state index is 0.272. The van der Waals surface area contributed by atoms with Gasteiger partial charge in [-0.25, -0.2) is 5.01 Å². The van der Waals surface area contributed by atoms with Crippen LogP contribution in [0.2, 0.25) is 0 Å². The summed E-state index contributed by atoms with van der Waals surface area (Å²) in [7, 11) is 0. The molecule has 1 amide bonds. The van der Waals surface area contributed by atoms with Crippen molar-refractivity contribution >= 4 is 5.91 Å². The van der Waals surface area contributed by atoms with E-state index in [0.29, 0.717) is 6.42 Å². The molecular formula is C13H16N2O. The summed E-state index contributed by atoms with van der Waals surface area (Å²) in [5, 5.41) is 4.20. The monoisotopic (exact) mass is 216 g/mol. The molecule has 0 N–H and O–H groups in total. The van der Waals surface area contributed by atoms with Gasteiger partial charge in [0.15, 0.2) is 0 Å². The van der Waals surface area contributed by atoms with Crippen LogP contribution < -0.4 is 0 Å². The van der Waals surface area contributed by atoms with Crippen LogP contribution in [0.1, 0.15) is 30.9 Å². The first-order chi connectivity index (χ1) is 7.86. The molecule has 2 heterocycles. The number of hydrogen-bond donors (Lipinski definition) is 0. The van der Waals surface area contributed by atoms with Gasteiger partial charge in [-0.1, -0.05) is 30.3 Å². The Morgan fingerprint density at radius 2 is 1.81 bits per heavy atom. The first-order valence-corrected chi connectivity index (χ1v) is 5.98. The van der Waals surface area contributed by atoms with Gasteiger partial charge in [-0.3, -0.25) is 9.80 Å². The van der Waals surface area contributed by atoms with E-state index in [1.54, 1.807) is 0 Å². The number of benzene rings is 1. The van der Waals surface area contributed by atoms with E-state index in [9.17, 15) is 4.79 Å². The molecule has 0 aliphatic carbocycles. The smallest absolute Gasteiger partial charge is 0.238 e. The van der Waals surface area contributed by atoms with Gasteiger partial charge in [0.25, 0.3) is 0 Å². The maximum atomic E-state index is 11.9. The topological polar surface area (TPSA) is 23.6 Å². The number of hydrogen-bond acceptors (Lipinski definition) is 2. The van der Waals surface area contributed by atoms with E-state index < -0.39 is 0 Å². The molecule has 84 valence electrons. The number of hydrazine groups is 1. The van der Waals surface area contributed by atoms with E-state index in [-0.39, 0.29) is 11.9 Å². The van der Waals surface area contributed by atoms with Crippen LogP contribution in [0, 0.1) is 0 Å². The number of fused-ring (bicyclic) bond motifs is 1. The van der Waals surface area contributed by atoms with Crippen molar-refractivity contribution in [2.45, 2.75) is 25.3 Å². The molecule has 1 atom stereocenters. The lowest BCUT2D eigenvalue weighted by molar-refractivity contribution is -0.141. The molecule has 2 saturated heterocycles. The summed E-state index contributed by atoms with van der Waals surface area (Å²) >= 11 is 0. The summed E-state index contributed by atoms with van der Waals surface area (Å²) in [5.74, 6) is 0.286. The van der Waals surface area contributed by atoms with Crippen molar-refractivity contribution < 1.29 is 4.79 Å². The third kappa shape index (κ3) is 1.52. The second kappa shape index (κ2) is 3.91. The van der Waals surface area contributed by atoms with Crippen molar-refractivity contribution in [1.82, 2.24) is 10.0 Å². The highest BCUT2D eigenvalue weighted by molar-refractivity contribution is 5.78. The van der Waals surface area contributed by atoms with Gasteiger partial charge in [0.1, 0.15) is 0 Å². The largest absolute Gasteiger partial charge is 0.275 e. The van der Waals surface area contributed by atoms with E-state index in [4.69, 9.17) is 0 Å². The van der Waals surface area contributed by atoms with Gasteiger partial charge in [-0.05, 0) is 18.4 Å². The summed E-state index contributed by atoms with van der Waals surface area (Å²) < 4.78 is 0. The third-order valence-electron chi connectivity index (χ3n) is 3.52. The molecule has 3 nitrogen and oxygen atoms in total. The Morgan fingerprint density at radius 3 is 2.62 bits per heavy atom. The van der Waals surface area contributed by atoms with E-state index in [0.717, 1.165) is 19.5 Å². The second-order valence-electron chi connectivity index (χ2n) is 4.52. The SMILES string of the molecule is O=C1CC(c2ccccc2)N2CCCCN12. The van der Waals surface area contributed by atoms with Crippen molar-refractivity contribution in [3.05, 3.63) is 35.9 Å².